The highest BCUT2D eigenvalue weighted by Crippen LogP contribution is 2.23. The van der Waals surface area contributed by atoms with Gasteiger partial charge in [0.1, 0.15) is 5.82 Å². The second-order valence-electron chi connectivity index (χ2n) is 8.53. The summed E-state index contributed by atoms with van der Waals surface area (Å²) >= 11 is 0. The number of hydrogen-bond acceptors (Lipinski definition) is 4. The van der Waals surface area contributed by atoms with E-state index in [1.54, 1.807) is 0 Å². The Morgan fingerprint density at radius 1 is 1.00 bits per heavy atom. The number of halogens is 1. The first-order valence-corrected chi connectivity index (χ1v) is 10.9. The summed E-state index contributed by atoms with van der Waals surface area (Å²) in [6, 6.07) is 14.8. The molecule has 2 aliphatic rings. The van der Waals surface area contributed by atoms with Gasteiger partial charge in [-0.25, -0.2) is 4.39 Å². The molecule has 2 heterocycles. The number of nitrogens with one attached hydrogen (secondary N) is 1. The van der Waals surface area contributed by atoms with Crippen LogP contribution < -0.4 is 10.2 Å². The van der Waals surface area contributed by atoms with Gasteiger partial charge in [-0.15, -0.1) is 0 Å². The van der Waals surface area contributed by atoms with Gasteiger partial charge in [0.25, 0.3) is 0 Å². The number of carbonyl (C=O) groups is 1. The van der Waals surface area contributed by atoms with Gasteiger partial charge < -0.3 is 15.1 Å². The molecule has 0 aliphatic carbocycles. The van der Waals surface area contributed by atoms with Gasteiger partial charge in [-0.1, -0.05) is 12.1 Å². The summed E-state index contributed by atoms with van der Waals surface area (Å²) < 4.78 is 13.1. The molecule has 6 heteroatoms. The molecule has 1 atom stereocenters. The molecule has 2 saturated heterocycles. The van der Waals surface area contributed by atoms with Crippen LogP contribution in [0.4, 0.5) is 15.8 Å². The number of benzene rings is 2. The molecule has 30 heavy (non-hydrogen) atoms. The summed E-state index contributed by atoms with van der Waals surface area (Å²) in [5, 5.41) is 3.10. The van der Waals surface area contributed by atoms with Crippen LogP contribution in [0.2, 0.25) is 0 Å². The molecule has 0 spiro atoms. The first-order valence-electron chi connectivity index (χ1n) is 10.9. The zero-order valence-corrected chi connectivity index (χ0v) is 17.7. The molecule has 5 nitrogen and oxygen atoms in total. The number of hydrogen-bond donors (Lipinski definition) is 1. The number of nitrogens with zero attached hydrogens (tertiary/aromatic N) is 3. The van der Waals surface area contributed by atoms with E-state index >= 15 is 0 Å². The maximum absolute atomic E-state index is 13.1. The molecule has 4 rings (SSSR count). The third kappa shape index (κ3) is 5.37. The van der Waals surface area contributed by atoms with Crippen LogP contribution in [0.5, 0.6) is 0 Å². The molecule has 0 saturated carbocycles. The van der Waals surface area contributed by atoms with Crippen molar-refractivity contribution in [2.24, 2.45) is 5.92 Å². The predicted molar refractivity (Wildman–Crippen MR) is 119 cm³/mol. The minimum atomic E-state index is -0.215. The first kappa shape index (κ1) is 20.8. The highest BCUT2D eigenvalue weighted by Gasteiger charge is 2.26. The third-order valence-electron chi connectivity index (χ3n) is 6.20. The van der Waals surface area contributed by atoms with Gasteiger partial charge in [0.2, 0.25) is 5.91 Å². The number of rotatable bonds is 5. The number of carbonyl (C=O) groups excluding carboxylic acids is 1. The zero-order chi connectivity index (χ0) is 20.9. The lowest BCUT2D eigenvalue weighted by Crippen LogP contribution is -2.44. The van der Waals surface area contributed by atoms with E-state index in [-0.39, 0.29) is 17.6 Å². The van der Waals surface area contributed by atoms with Gasteiger partial charge >= 0.3 is 0 Å². The normalized spacial score (nSPS) is 20.9. The zero-order valence-electron chi connectivity index (χ0n) is 17.7. The molecule has 1 N–H and O–H groups in total. The molecule has 160 valence electrons. The lowest BCUT2D eigenvalue weighted by Gasteiger charge is -2.34. The van der Waals surface area contributed by atoms with Crippen molar-refractivity contribution in [2.75, 3.05) is 56.5 Å². The smallest absolute Gasteiger partial charge is 0.228 e. The van der Waals surface area contributed by atoms with Crippen LogP contribution in [0.3, 0.4) is 0 Å². The molecule has 1 amide bonds. The van der Waals surface area contributed by atoms with E-state index in [4.69, 9.17) is 0 Å². The van der Waals surface area contributed by atoms with Crippen LogP contribution in [0.15, 0.2) is 48.5 Å². The van der Waals surface area contributed by atoms with Crippen LogP contribution >= 0.6 is 0 Å². The summed E-state index contributed by atoms with van der Waals surface area (Å²) in [4.78, 5) is 19.8. The van der Waals surface area contributed by atoms with E-state index in [9.17, 15) is 9.18 Å². The molecule has 0 radical (unpaired) electrons. The Kier molecular flexibility index (Phi) is 6.65. The standard InChI is InChI=1S/C24H31FN4O/c1-27-13-15-29(16-14-27)23-10-8-22(9-11-23)26-24(30)20-3-2-12-28(18-20)17-19-4-6-21(25)7-5-19/h4-11,20H,2-3,12-18H2,1H3,(H,26,30)/t20-/m0/s1. The summed E-state index contributed by atoms with van der Waals surface area (Å²) in [5.41, 5.74) is 3.15. The Morgan fingerprint density at radius 2 is 1.70 bits per heavy atom. The van der Waals surface area contributed by atoms with Gasteiger partial charge in [-0.05, 0) is 68.4 Å². The van der Waals surface area contributed by atoms with Gasteiger partial charge in [0.15, 0.2) is 0 Å². The number of anilines is 2. The van der Waals surface area contributed by atoms with Gasteiger partial charge in [0, 0.05) is 50.6 Å². The average Bonchev–Trinajstić information content (AvgIpc) is 2.77. The Labute approximate surface area is 178 Å². The topological polar surface area (TPSA) is 38.8 Å². The maximum atomic E-state index is 13.1. The summed E-state index contributed by atoms with van der Waals surface area (Å²) in [6.45, 7) is 6.69. The van der Waals surface area contributed by atoms with Crippen LogP contribution in [0.25, 0.3) is 0 Å². The highest BCUT2D eigenvalue weighted by atomic mass is 19.1. The lowest BCUT2D eigenvalue weighted by atomic mass is 9.96. The number of piperazine rings is 1. The Hall–Kier alpha value is -2.44. The number of piperidine rings is 1. The fourth-order valence-electron chi connectivity index (χ4n) is 4.33. The molecule has 0 aromatic heterocycles. The van der Waals surface area contributed by atoms with Crippen molar-refractivity contribution in [3.05, 3.63) is 59.9 Å². The molecule has 2 aliphatic heterocycles. The minimum absolute atomic E-state index is 0.0171. The second kappa shape index (κ2) is 9.58. The largest absolute Gasteiger partial charge is 0.369 e. The Morgan fingerprint density at radius 3 is 2.40 bits per heavy atom. The number of amides is 1. The summed E-state index contributed by atoms with van der Waals surface area (Å²) in [7, 11) is 2.15. The van der Waals surface area contributed by atoms with Crippen molar-refractivity contribution in [3.63, 3.8) is 0 Å². The van der Waals surface area contributed by atoms with Gasteiger partial charge in [-0.3, -0.25) is 9.69 Å². The van der Waals surface area contributed by atoms with Crippen molar-refractivity contribution in [3.8, 4) is 0 Å². The first-order chi connectivity index (χ1) is 14.6. The SMILES string of the molecule is CN1CCN(c2ccc(NC(=O)[C@H]3CCCN(Cc4ccc(F)cc4)C3)cc2)CC1. The van der Waals surface area contributed by atoms with E-state index in [1.807, 2.05) is 24.3 Å². The fraction of sp³-hybridized carbons (Fsp3) is 0.458. The third-order valence-corrected chi connectivity index (χ3v) is 6.20. The summed E-state index contributed by atoms with van der Waals surface area (Å²) in [6.07, 6.45) is 1.91. The molecule has 2 aromatic rings. The molecular formula is C24H31FN4O. The van der Waals surface area contributed by atoms with Crippen molar-refractivity contribution in [1.29, 1.82) is 0 Å². The molecule has 0 bridgehead atoms. The fourth-order valence-corrected chi connectivity index (χ4v) is 4.33. The van der Waals surface area contributed by atoms with Crippen LogP contribution in [0, 0.1) is 11.7 Å². The van der Waals surface area contributed by atoms with Crippen molar-refractivity contribution < 1.29 is 9.18 Å². The number of likely N-dealkylation sites (tertiary alicyclic amines) is 1. The van der Waals surface area contributed by atoms with Crippen LogP contribution in [0.1, 0.15) is 18.4 Å². The van der Waals surface area contributed by atoms with Gasteiger partial charge in [0.05, 0.1) is 5.92 Å². The van der Waals surface area contributed by atoms with Crippen molar-refractivity contribution >= 4 is 17.3 Å². The second-order valence-corrected chi connectivity index (χ2v) is 8.53. The summed E-state index contributed by atoms with van der Waals surface area (Å²) in [5.74, 6) is -0.143. The van der Waals surface area contributed by atoms with E-state index in [2.05, 4.69) is 39.2 Å². The lowest BCUT2D eigenvalue weighted by molar-refractivity contribution is -0.121. The van der Waals surface area contributed by atoms with Crippen LogP contribution in [-0.2, 0) is 11.3 Å². The van der Waals surface area contributed by atoms with E-state index < -0.39 is 0 Å². The molecule has 0 unspecified atom stereocenters. The van der Waals surface area contributed by atoms with Crippen molar-refractivity contribution in [2.45, 2.75) is 19.4 Å². The maximum Gasteiger partial charge on any atom is 0.228 e. The Bertz CT molecular complexity index is 831. The molecule has 2 aromatic carbocycles. The van der Waals surface area contributed by atoms with E-state index in [0.717, 1.165) is 69.9 Å². The Balaban J connectivity index is 1.30. The van der Waals surface area contributed by atoms with E-state index in [0.29, 0.717) is 0 Å². The molecular weight excluding hydrogens is 379 g/mol. The number of likely N-dealkylation sites (N-methyl/N-ethyl adjacent to an activating group) is 1. The molecule has 2 fully saturated rings. The van der Waals surface area contributed by atoms with Gasteiger partial charge in [-0.2, -0.15) is 0 Å². The highest BCUT2D eigenvalue weighted by molar-refractivity contribution is 5.92. The minimum Gasteiger partial charge on any atom is -0.369 e. The monoisotopic (exact) mass is 410 g/mol. The van der Waals surface area contributed by atoms with Crippen molar-refractivity contribution in [1.82, 2.24) is 9.80 Å². The van der Waals surface area contributed by atoms with E-state index in [1.165, 1.54) is 17.8 Å². The predicted octanol–water partition coefficient (Wildman–Crippen LogP) is 3.43. The quantitative estimate of drug-likeness (QED) is 0.820. The van der Waals surface area contributed by atoms with Crippen LogP contribution in [-0.4, -0.2) is 62.0 Å². The average molecular weight is 411 g/mol.